The fraction of sp³-hybridized carbons (Fsp3) is 0.857. The smallest absolute Gasteiger partial charge is 0.394 e. The molecule has 0 radical (unpaired) electrons. The summed E-state index contributed by atoms with van der Waals surface area (Å²) in [5, 5.41) is 48.6. The van der Waals surface area contributed by atoms with Gasteiger partial charge in [-0.3, -0.25) is 4.52 Å². The van der Waals surface area contributed by atoms with Crippen LogP contribution in [0.2, 0.25) is 0 Å². The molecule has 0 spiro atoms. The molecule has 1 unspecified atom stereocenters. The first-order valence-electron chi connectivity index (χ1n) is 14.5. The molecule has 0 rings (SSSR count). The van der Waals surface area contributed by atoms with E-state index in [1.54, 1.807) is 0 Å². The van der Waals surface area contributed by atoms with Crippen molar-refractivity contribution in [3.8, 4) is 0 Å². The zero-order valence-electron chi connectivity index (χ0n) is 23.3. The monoisotopic (exact) mass is 566 g/mol. The minimum Gasteiger partial charge on any atom is -0.394 e. The predicted octanol–water partition coefficient (Wildman–Crippen LogP) is 4.66. The average Bonchev–Trinajstić information content (AvgIpc) is 2.88. The van der Waals surface area contributed by atoms with Crippen LogP contribution in [0.4, 0.5) is 0 Å². The first-order valence-corrected chi connectivity index (χ1v) is 16.0. The number of phosphoric acid groups is 1. The summed E-state index contributed by atoms with van der Waals surface area (Å²) in [5.41, 5.74) is 0. The molecule has 0 fully saturated rings. The van der Waals surface area contributed by atoms with Crippen LogP contribution in [-0.4, -0.2) is 72.4 Å². The highest BCUT2D eigenvalue weighted by molar-refractivity contribution is 7.46. The van der Waals surface area contributed by atoms with Crippen LogP contribution < -0.4 is 0 Å². The summed E-state index contributed by atoms with van der Waals surface area (Å²) in [6.07, 6.45) is 18.2. The molecular formula is C28H55O9P. The highest BCUT2D eigenvalue weighted by Gasteiger charge is 2.39. The maximum absolute atomic E-state index is 11.2. The molecule has 7 N–H and O–H groups in total. The fourth-order valence-electron chi connectivity index (χ4n) is 4.22. The van der Waals surface area contributed by atoms with E-state index < -0.39 is 44.9 Å². The zero-order chi connectivity index (χ0) is 28.7. The van der Waals surface area contributed by atoms with Gasteiger partial charge >= 0.3 is 7.82 Å². The number of hydrogen-bond donors (Lipinski definition) is 7. The van der Waals surface area contributed by atoms with Gasteiger partial charge in [-0.25, -0.2) is 4.57 Å². The first-order chi connectivity index (χ1) is 18.1. The minimum absolute atomic E-state index is 0.101. The van der Waals surface area contributed by atoms with Crippen LogP contribution in [0.15, 0.2) is 24.3 Å². The lowest BCUT2D eigenvalue weighted by molar-refractivity contribution is -0.137. The molecular weight excluding hydrogens is 511 g/mol. The molecule has 0 aliphatic carbocycles. The van der Waals surface area contributed by atoms with E-state index in [2.05, 4.69) is 35.8 Å². The van der Waals surface area contributed by atoms with Crippen molar-refractivity contribution < 1.29 is 44.4 Å². The third-order valence-corrected chi connectivity index (χ3v) is 7.09. The Bertz CT molecular complexity index is 638. The summed E-state index contributed by atoms with van der Waals surface area (Å²) in [6, 6.07) is 0. The van der Waals surface area contributed by atoms with Crippen molar-refractivity contribution in [1.29, 1.82) is 0 Å². The van der Waals surface area contributed by atoms with E-state index >= 15 is 0 Å². The molecule has 10 heteroatoms. The molecule has 0 aliphatic rings. The van der Waals surface area contributed by atoms with Crippen molar-refractivity contribution in [3.05, 3.63) is 24.3 Å². The Hall–Kier alpha value is -0.610. The van der Waals surface area contributed by atoms with Gasteiger partial charge in [0.2, 0.25) is 0 Å². The molecule has 0 aromatic rings. The second-order valence-corrected chi connectivity index (χ2v) is 11.3. The average molecular weight is 567 g/mol. The van der Waals surface area contributed by atoms with E-state index in [0.717, 1.165) is 51.4 Å². The molecule has 38 heavy (non-hydrogen) atoms. The van der Waals surface area contributed by atoms with Gasteiger partial charge in [-0.2, -0.15) is 0 Å². The third kappa shape index (κ3) is 21.2. The molecule has 5 atom stereocenters. The molecule has 0 aromatic carbocycles. The van der Waals surface area contributed by atoms with Gasteiger partial charge in [0.25, 0.3) is 0 Å². The van der Waals surface area contributed by atoms with Crippen LogP contribution in [0.1, 0.15) is 116 Å². The first kappa shape index (κ1) is 37.4. The number of unbranched alkanes of at least 4 members (excludes halogenated alkanes) is 13. The second kappa shape index (κ2) is 24.2. The van der Waals surface area contributed by atoms with Crippen LogP contribution in [0, 0.1) is 0 Å². The number of phosphoric ester groups is 1. The lowest BCUT2D eigenvalue weighted by Crippen LogP contribution is -2.50. The summed E-state index contributed by atoms with van der Waals surface area (Å²) in [5.74, 6) is 0. The van der Waals surface area contributed by atoms with E-state index in [1.807, 2.05) is 0 Å². The molecule has 0 saturated heterocycles. The molecule has 226 valence electrons. The van der Waals surface area contributed by atoms with Gasteiger partial charge in [0.15, 0.2) is 0 Å². The van der Waals surface area contributed by atoms with Gasteiger partial charge in [-0.1, -0.05) is 82.6 Å². The number of aliphatic hydroxyl groups excluding tert-OH is 5. The molecule has 9 nitrogen and oxygen atoms in total. The topological polar surface area (TPSA) is 168 Å². The summed E-state index contributed by atoms with van der Waals surface area (Å²) >= 11 is 0. The van der Waals surface area contributed by atoms with E-state index in [4.69, 9.17) is 14.9 Å². The van der Waals surface area contributed by atoms with Gasteiger partial charge in [0, 0.05) is 0 Å². The van der Waals surface area contributed by atoms with Crippen molar-refractivity contribution in [3.63, 3.8) is 0 Å². The molecule has 0 aliphatic heterocycles. The molecule has 0 aromatic heterocycles. The largest absolute Gasteiger partial charge is 0.470 e. The van der Waals surface area contributed by atoms with Gasteiger partial charge in [0.05, 0.1) is 12.7 Å². The summed E-state index contributed by atoms with van der Waals surface area (Å²) in [4.78, 5) is 18.1. The highest BCUT2D eigenvalue weighted by Crippen LogP contribution is 2.40. The molecule has 0 amide bonds. The predicted molar refractivity (Wildman–Crippen MR) is 150 cm³/mol. The number of allylic oxidation sites excluding steroid dienone is 4. The quantitative estimate of drug-likeness (QED) is 0.0447. The van der Waals surface area contributed by atoms with E-state index in [0.29, 0.717) is 6.42 Å². The summed E-state index contributed by atoms with van der Waals surface area (Å²) in [7, 11) is -5.07. The van der Waals surface area contributed by atoms with Crippen molar-refractivity contribution >= 4 is 7.82 Å². The lowest BCUT2D eigenvalue weighted by Gasteiger charge is -2.31. The summed E-state index contributed by atoms with van der Waals surface area (Å²) in [6.45, 7) is 1.36. The normalized spacial score (nSPS) is 16.7. The second-order valence-electron chi connectivity index (χ2n) is 10.1. The van der Waals surface area contributed by atoms with Gasteiger partial charge in [-0.15, -0.1) is 0 Å². The Morgan fingerprint density at radius 1 is 0.632 bits per heavy atom. The number of hydrogen-bond acceptors (Lipinski definition) is 7. The van der Waals surface area contributed by atoms with Crippen molar-refractivity contribution in [2.45, 2.75) is 147 Å². The minimum atomic E-state index is -5.07. The Kier molecular flexibility index (Phi) is 23.8. The van der Waals surface area contributed by atoms with E-state index in [-0.39, 0.29) is 6.42 Å². The molecule has 0 saturated carbocycles. The molecule has 0 bridgehead atoms. The zero-order valence-corrected chi connectivity index (χ0v) is 24.2. The van der Waals surface area contributed by atoms with E-state index in [1.165, 1.54) is 44.9 Å². The lowest BCUT2D eigenvalue weighted by atomic mass is 9.96. The van der Waals surface area contributed by atoms with Gasteiger partial charge < -0.3 is 35.3 Å². The van der Waals surface area contributed by atoms with Crippen LogP contribution in [0.5, 0.6) is 0 Å². The maximum atomic E-state index is 11.2. The SMILES string of the molecule is CCCCC/C=C\CCCC/C=C\CCCCCCCCCC(O)[C@@H](OP(=O)(O)O)[C@@H](O)[C@H](O)[C@H](O)CO. The highest BCUT2D eigenvalue weighted by atomic mass is 31.2. The third-order valence-electron chi connectivity index (χ3n) is 6.58. The van der Waals surface area contributed by atoms with Crippen molar-refractivity contribution in [2.24, 2.45) is 0 Å². The Morgan fingerprint density at radius 3 is 1.50 bits per heavy atom. The standard InChI is InChI=1S/C28H55O9P/c1-2-3-4-5-6-7-8-9-10-11-12-13-14-15-16-17-18-19-20-21-22-24(30)28(37-38(34,35)36)27(33)26(32)25(31)23-29/h6-7,12-13,24-33H,2-5,8-11,14-23H2,1H3,(H2,34,35,36)/b7-6-,13-12-/t24?,25-,26-,27+,28-/m1/s1. The Labute approximate surface area is 229 Å². The van der Waals surface area contributed by atoms with Crippen LogP contribution >= 0.6 is 7.82 Å². The Balaban J connectivity index is 3.88. The number of aliphatic hydroxyl groups is 5. The maximum Gasteiger partial charge on any atom is 0.470 e. The fourth-order valence-corrected chi connectivity index (χ4v) is 4.80. The van der Waals surface area contributed by atoms with Gasteiger partial charge in [-0.05, 0) is 57.8 Å². The van der Waals surface area contributed by atoms with Gasteiger partial charge in [0.1, 0.15) is 24.4 Å². The van der Waals surface area contributed by atoms with E-state index in [9.17, 15) is 25.0 Å². The van der Waals surface area contributed by atoms with Crippen LogP contribution in [0.25, 0.3) is 0 Å². The van der Waals surface area contributed by atoms with Crippen molar-refractivity contribution in [2.75, 3.05) is 6.61 Å². The Morgan fingerprint density at radius 2 is 1.05 bits per heavy atom. The van der Waals surface area contributed by atoms with Crippen molar-refractivity contribution in [1.82, 2.24) is 0 Å². The van der Waals surface area contributed by atoms with Crippen LogP contribution in [0.3, 0.4) is 0 Å². The summed E-state index contributed by atoms with van der Waals surface area (Å²) < 4.78 is 15.7. The number of rotatable bonds is 26. The molecule has 0 heterocycles. The van der Waals surface area contributed by atoms with Crippen LogP contribution in [-0.2, 0) is 9.09 Å².